The van der Waals surface area contributed by atoms with Gasteiger partial charge in [0.25, 0.3) is 0 Å². The quantitative estimate of drug-likeness (QED) is 0.911. The Bertz CT molecular complexity index is 766. The van der Waals surface area contributed by atoms with Gasteiger partial charge in [-0.1, -0.05) is 18.2 Å². The molecule has 1 atom stereocenters. The minimum atomic E-state index is 0.470. The standard InChI is InChI=1S/C21H28N4/c1-14-11-17(16-6-7-16)8-9-19(14)21-15(2)12-20(23-24-21)22-18-5-4-10-25(3)13-18/h8-9,11-12,16,18H,4-7,10,13H2,1-3H3,(H,22,23)/t18-/m1/s1. The average Bonchev–Trinajstić information content (AvgIpc) is 3.41. The van der Waals surface area contributed by atoms with Gasteiger partial charge in [-0.2, -0.15) is 0 Å². The molecule has 2 aliphatic rings. The summed E-state index contributed by atoms with van der Waals surface area (Å²) in [5.74, 6) is 1.69. The van der Waals surface area contributed by atoms with Crippen LogP contribution >= 0.6 is 0 Å². The molecule has 4 nitrogen and oxygen atoms in total. The summed E-state index contributed by atoms with van der Waals surface area (Å²) < 4.78 is 0. The first-order valence-electron chi connectivity index (χ1n) is 9.50. The van der Waals surface area contributed by atoms with Gasteiger partial charge in [-0.25, -0.2) is 0 Å². The fraction of sp³-hybridized carbons (Fsp3) is 0.524. The first-order valence-corrected chi connectivity index (χ1v) is 9.50. The molecule has 1 N–H and O–H groups in total. The highest BCUT2D eigenvalue weighted by atomic mass is 15.2. The Morgan fingerprint density at radius 1 is 1.04 bits per heavy atom. The largest absolute Gasteiger partial charge is 0.365 e. The molecule has 0 amide bonds. The van der Waals surface area contributed by atoms with Crippen molar-refractivity contribution in [2.75, 3.05) is 25.5 Å². The molecule has 4 rings (SSSR count). The lowest BCUT2D eigenvalue weighted by molar-refractivity contribution is 0.260. The Labute approximate surface area is 150 Å². The van der Waals surface area contributed by atoms with Crippen LogP contribution in [0.2, 0.25) is 0 Å². The van der Waals surface area contributed by atoms with Crippen molar-refractivity contribution < 1.29 is 0 Å². The van der Waals surface area contributed by atoms with Crippen LogP contribution in [0.15, 0.2) is 24.3 Å². The van der Waals surface area contributed by atoms with Gasteiger partial charge in [0, 0.05) is 18.2 Å². The van der Waals surface area contributed by atoms with E-state index in [1.54, 1.807) is 0 Å². The highest BCUT2D eigenvalue weighted by molar-refractivity contribution is 5.68. The molecule has 0 radical (unpaired) electrons. The number of piperidine rings is 1. The molecule has 2 fully saturated rings. The minimum Gasteiger partial charge on any atom is -0.365 e. The maximum Gasteiger partial charge on any atom is 0.149 e. The topological polar surface area (TPSA) is 41.1 Å². The molecule has 1 aromatic carbocycles. The molecule has 25 heavy (non-hydrogen) atoms. The number of rotatable bonds is 4. The van der Waals surface area contributed by atoms with Gasteiger partial charge >= 0.3 is 0 Å². The van der Waals surface area contributed by atoms with Crippen LogP contribution < -0.4 is 5.32 Å². The predicted molar refractivity (Wildman–Crippen MR) is 103 cm³/mol. The molecule has 4 heteroatoms. The molecule has 1 aromatic heterocycles. The summed E-state index contributed by atoms with van der Waals surface area (Å²) in [7, 11) is 2.18. The Hall–Kier alpha value is -1.94. The van der Waals surface area contributed by atoms with Crippen molar-refractivity contribution >= 4 is 5.82 Å². The molecule has 0 spiro atoms. The summed E-state index contributed by atoms with van der Waals surface area (Å²) in [5, 5.41) is 12.6. The van der Waals surface area contributed by atoms with E-state index in [4.69, 9.17) is 0 Å². The summed E-state index contributed by atoms with van der Waals surface area (Å²) in [6.45, 7) is 6.59. The number of likely N-dealkylation sites (tertiary alicyclic amines) is 1. The second kappa shape index (κ2) is 6.75. The van der Waals surface area contributed by atoms with Crippen LogP contribution in [-0.4, -0.2) is 41.3 Å². The Balaban J connectivity index is 1.53. The van der Waals surface area contributed by atoms with Gasteiger partial charge in [-0.15, -0.1) is 10.2 Å². The molecule has 1 saturated carbocycles. The lowest BCUT2D eigenvalue weighted by Crippen LogP contribution is -2.39. The first kappa shape index (κ1) is 16.5. The summed E-state index contributed by atoms with van der Waals surface area (Å²) in [4.78, 5) is 2.38. The normalized spacial score (nSPS) is 21.3. The van der Waals surface area contributed by atoms with Crippen LogP contribution in [0, 0.1) is 13.8 Å². The van der Waals surface area contributed by atoms with E-state index in [0.29, 0.717) is 6.04 Å². The number of benzene rings is 1. The number of hydrogen-bond donors (Lipinski definition) is 1. The minimum absolute atomic E-state index is 0.470. The van der Waals surface area contributed by atoms with Crippen molar-refractivity contribution in [1.29, 1.82) is 0 Å². The van der Waals surface area contributed by atoms with Crippen LogP contribution in [0.3, 0.4) is 0 Å². The zero-order valence-electron chi connectivity index (χ0n) is 15.5. The van der Waals surface area contributed by atoms with Crippen molar-refractivity contribution in [3.63, 3.8) is 0 Å². The number of hydrogen-bond acceptors (Lipinski definition) is 4. The maximum atomic E-state index is 4.56. The second-order valence-corrected chi connectivity index (χ2v) is 7.86. The maximum absolute atomic E-state index is 4.56. The summed E-state index contributed by atoms with van der Waals surface area (Å²) in [6, 6.07) is 9.44. The zero-order chi connectivity index (χ0) is 17.4. The van der Waals surface area contributed by atoms with E-state index in [-0.39, 0.29) is 0 Å². The molecule has 2 aromatic rings. The van der Waals surface area contributed by atoms with Crippen LogP contribution in [-0.2, 0) is 0 Å². The Morgan fingerprint density at radius 2 is 1.88 bits per heavy atom. The molecule has 0 unspecified atom stereocenters. The van der Waals surface area contributed by atoms with Gasteiger partial charge in [0.1, 0.15) is 5.82 Å². The van der Waals surface area contributed by atoms with Crippen molar-refractivity contribution in [3.05, 3.63) is 41.0 Å². The molecule has 1 saturated heterocycles. The van der Waals surface area contributed by atoms with Gasteiger partial charge in [-0.05, 0) is 81.8 Å². The van der Waals surface area contributed by atoms with Crippen LogP contribution in [0.1, 0.15) is 48.3 Å². The van der Waals surface area contributed by atoms with E-state index in [1.165, 1.54) is 54.5 Å². The van der Waals surface area contributed by atoms with Crippen molar-refractivity contribution in [3.8, 4) is 11.3 Å². The lowest BCUT2D eigenvalue weighted by Gasteiger charge is -2.30. The molecule has 0 bridgehead atoms. The van der Waals surface area contributed by atoms with E-state index < -0.39 is 0 Å². The first-order chi connectivity index (χ1) is 12.1. The SMILES string of the molecule is Cc1cc(C2CC2)ccc1-c1nnc(N[C@@H]2CCCN(C)C2)cc1C. The van der Waals surface area contributed by atoms with Crippen molar-refractivity contribution in [2.24, 2.45) is 0 Å². The molecule has 1 aliphatic carbocycles. The molecule has 2 heterocycles. The third-order valence-corrected chi connectivity index (χ3v) is 5.52. The van der Waals surface area contributed by atoms with Gasteiger partial charge in [-0.3, -0.25) is 0 Å². The molecular weight excluding hydrogens is 308 g/mol. The fourth-order valence-electron chi connectivity index (χ4n) is 3.94. The van der Waals surface area contributed by atoms with Crippen LogP contribution in [0.4, 0.5) is 5.82 Å². The fourth-order valence-corrected chi connectivity index (χ4v) is 3.94. The lowest BCUT2D eigenvalue weighted by atomic mass is 9.98. The van der Waals surface area contributed by atoms with Gasteiger partial charge in [0.05, 0.1) is 5.69 Å². The van der Waals surface area contributed by atoms with E-state index in [1.807, 2.05) is 0 Å². The number of nitrogens with one attached hydrogen (secondary N) is 1. The number of nitrogens with zero attached hydrogens (tertiary/aromatic N) is 3. The molecule has 1 aliphatic heterocycles. The second-order valence-electron chi connectivity index (χ2n) is 7.86. The van der Waals surface area contributed by atoms with E-state index in [2.05, 4.69) is 65.6 Å². The Morgan fingerprint density at radius 3 is 2.56 bits per heavy atom. The van der Waals surface area contributed by atoms with Crippen molar-refractivity contribution in [2.45, 2.75) is 51.5 Å². The van der Waals surface area contributed by atoms with Gasteiger partial charge < -0.3 is 10.2 Å². The third-order valence-electron chi connectivity index (χ3n) is 5.52. The summed E-state index contributed by atoms with van der Waals surface area (Å²) in [6.07, 6.45) is 5.13. The highest BCUT2D eigenvalue weighted by Crippen LogP contribution is 2.41. The van der Waals surface area contributed by atoms with Gasteiger partial charge in [0.15, 0.2) is 0 Å². The summed E-state index contributed by atoms with van der Waals surface area (Å²) in [5.41, 5.74) is 6.18. The van der Waals surface area contributed by atoms with Crippen molar-refractivity contribution in [1.82, 2.24) is 15.1 Å². The summed E-state index contributed by atoms with van der Waals surface area (Å²) >= 11 is 0. The van der Waals surface area contributed by atoms with E-state index >= 15 is 0 Å². The van der Waals surface area contributed by atoms with Crippen LogP contribution in [0.5, 0.6) is 0 Å². The molecule has 132 valence electrons. The van der Waals surface area contributed by atoms with E-state index in [0.717, 1.165) is 24.0 Å². The number of anilines is 1. The van der Waals surface area contributed by atoms with Crippen LogP contribution in [0.25, 0.3) is 11.3 Å². The molecular formula is C21H28N4. The number of aromatic nitrogens is 2. The van der Waals surface area contributed by atoms with E-state index in [9.17, 15) is 0 Å². The number of likely N-dealkylation sites (N-methyl/N-ethyl adjacent to an activating group) is 1. The zero-order valence-corrected chi connectivity index (χ0v) is 15.5. The smallest absolute Gasteiger partial charge is 0.149 e. The Kier molecular flexibility index (Phi) is 4.46. The predicted octanol–water partition coefficient (Wildman–Crippen LogP) is 4.14. The average molecular weight is 336 g/mol. The monoisotopic (exact) mass is 336 g/mol. The number of aryl methyl sites for hydroxylation is 2. The van der Waals surface area contributed by atoms with Gasteiger partial charge in [0.2, 0.25) is 0 Å². The third kappa shape index (κ3) is 3.69. The highest BCUT2D eigenvalue weighted by Gasteiger charge is 2.24.